The zero-order valence-corrected chi connectivity index (χ0v) is 12.0. The van der Waals surface area contributed by atoms with Gasteiger partial charge in [0.1, 0.15) is 0 Å². The Labute approximate surface area is 115 Å². The van der Waals surface area contributed by atoms with Crippen molar-refractivity contribution in [2.75, 3.05) is 27.2 Å². The van der Waals surface area contributed by atoms with Gasteiger partial charge in [-0.15, -0.1) is 0 Å². The van der Waals surface area contributed by atoms with Crippen molar-refractivity contribution in [3.8, 4) is 0 Å². The number of rotatable bonds is 2. The maximum absolute atomic E-state index is 12.6. The van der Waals surface area contributed by atoms with Crippen LogP contribution >= 0.6 is 0 Å². The van der Waals surface area contributed by atoms with E-state index in [1.165, 1.54) is 6.42 Å². The first-order valence-corrected chi connectivity index (χ1v) is 7.26. The zero-order chi connectivity index (χ0) is 13.8. The van der Waals surface area contributed by atoms with Crippen molar-refractivity contribution < 1.29 is 9.59 Å². The van der Waals surface area contributed by atoms with Crippen LogP contribution < -0.4 is 0 Å². The molecule has 1 aliphatic carbocycles. The van der Waals surface area contributed by atoms with Gasteiger partial charge in [0, 0.05) is 27.2 Å². The fourth-order valence-electron chi connectivity index (χ4n) is 3.04. The molecule has 2 amide bonds. The van der Waals surface area contributed by atoms with Gasteiger partial charge in [-0.1, -0.05) is 12.2 Å². The van der Waals surface area contributed by atoms with Crippen molar-refractivity contribution in [1.29, 1.82) is 0 Å². The number of nitrogens with zero attached hydrogens (tertiary/aromatic N) is 2. The minimum Gasteiger partial charge on any atom is -0.349 e. The summed E-state index contributed by atoms with van der Waals surface area (Å²) >= 11 is 0. The first kappa shape index (κ1) is 14.1. The highest BCUT2D eigenvalue weighted by Crippen LogP contribution is 2.29. The lowest BCUT2D eigenvalue weighted by Gasteiger charge is -2.35. The van der Waals surface area contributed by atoms with Crippen LogP contribution in [0, 0.1) is 11.8 Å². The smallest absolute Gasteiger partial charge is 0.226 e. The molecule has 1 aliphatic heterocycles. The van der Waals surface area contributed by atoms with E-state index in [0.29, 0.717) is 12.8 Å². The molecule has 2 rings (SSSR count). The molecule has 0 aromatic heterocycles. The Morgan fingerprint density at radius 1 is 1.00 bits per heavy atom. The molecular formula is C15H24N2O2. The molecule has 0 aromatic carbocycles. The van der Waals surface area contributed by atoms with E-state index in [0.717, 1.165) is 25.9 Å². The molecule has 0 radical (unpaired) electrons. The first-order chi connectivity index (χ1) is 9.11. The van der Waals surface area contributed by atoms with E-state index in [1.54, 1.807) is 19.0 Å². The van der Waals surface area contributed by atoms with Gasteiger partial charge in [-0.25, -0.2) is 0 Å². The van der Waals surface area contributed by atoms with Crippen LogP contribution in [0.2, 0.25) is 0 Å². The third-order valence-corrected chi connectivity index (χ3v) is 4.18. The molecule has 1 heterocycles. The van der Waals surface area contributed by atoms with Gasteiger partial charge in [-0.3, -0.25) is 9.59 Å². The lowest BCUT2D eigenvalue weighted by molar-refractivity contribution is -0.145. The van der Waals surface area contributed by atoms with Crippen LogP contribution in [0.15, 0.2) is 12.2 Å². The molecule has 4 nitrogen and oxygen atoms in total. The van der Waals surface area contributed by atoms with Gasteiger partial charge in [-0.2, -0.15) is 0 Å². The average Bonchev–Trinajstić information content (AvgIpc) is 2.46. The summed E-state index contributed by atoms with van der Waals surface area (Å²) in [6.45, 7) is 1.73. The van der Waals surface area contributed by atoms with Crippen molar-refractivity contribution in [3.63, 3.8) is 0 Å². The number of allylic oxidation sites excluding steroid dienone is 2. The fourth-order valence-corrected chi connectivity index (χ4v) is 3.04. The number of carbonyl (C=O) groups excluding carboxylic acids is 2. The fraction of sp³-hybridized carbons (Fsp3) is 0.733. The molecule has 0 saturated carbocycles. The van der Waals surface area contributed by atoms with E-state index in [-0.39, 0.29) is 23.7 Å². The molecule has 1 fully saturated rings. The summed E-state index contributed by atoms with van der Waals surface area (Å²) in [4.78, 5) is 28.4. The van der Waals surface area contributed by atoms with E-state index >= 15 is 0 Å². The number of piperidine rings is 1. The molecule has 2 aliphatic rings. The Kier molecular flexibility index (Phi) is 4.61. The summed E-state index contributed by atoms with van der Waals surface area (Å²) in [7, 11) is 3.53. The Morgan fingerprint density at radius 2 is 1.58 bits per heavy atom. The topological polar surface area (TPSA) is 40.6 Å². The average molecular weight is 264 g/mol. The summed E-state index contributed by atoms with van der Waals surface area (Å²) in [6.07, 6.45) is 8.90. The van der Waals surface area contributed by atoms with E-state index in [1.807, 2.05) is 17.1 Å². The highest BCUT2D eigenvalue weighted by molar-refractivity contribution is 5.88. The minimum absolute atomic E-state index is 0.0831. The monoisotopic (exact) mass is 264 g/mol. The number of hydrogen-bond acceptors (Lipinski definition) is 2. The lowest BCUT2D eigenvalue weighted by Crippen LogP contribution is -2.46. The number of carbonyl (C=O) groups is 2. The zero-order valence-electron chi connectivity index (χ0n) is 12.0. The first-order valence-electron chi connectivity index (χ1n) is 7.26. The summed E-state index contributed by atoms with van der Waals surface area (Å²) in [5, 5.41) is 0. The number of hydrogen-bond donors (Lipinski definition) is 0. The second-order valence-corrected chi connectivity index (χ2v) is 5.77. The maximum atomic E-state index is 12.6. The largest absolute Gasteiger partial charge is 0.349 e. The summed E-state index contributed by atoms with van der Waals surface area (Å²) in [6, 6.07) is 0. The second kappa shape index (κ2) is 6.22. The molecule has 0 spiro atoms. The van der Waals surface area contributed by atoms with E-state index < -0.39 is 0 Å². The van der Waals surface area contributed by atoms with Crippen molar-refractivity contribution >= 4 is 11.8 Å². The molecule has 19 heavy (non-hydrogen) atoms. The van der Waals surface area contributed by atoms with Crippen LogP contribution in [-0.4, -0.2) is 48.8 Å². The highest BCUT2D eigenvalue weighted by atomic mass is 16.2. The van der Waals surface area contributed by atoms with Gasteiger partial charge < -0.3 is 9.80 Å². The van der Waals surface area contributed by atoms with Crippen LogP contribution in [0.25, 0.3) is 0 Å². The van der Waals surface area contributed by atoms with Gasteiger partial charge in [0.15, 0.2) is 0 Å². The lowest BCUT2D eigenvalue weighted by atomic mass is 9.81. The molecule has 0 aromatic rings. The number of likely N-dealkylation sites (tertiary alicyclic amines) is 1. The highest BCUT2D eigenvalue weighted by Gasteiger charge is 2.37. The van der Waals surface area contributed by atoms with Crippen molar-refractivity contribution in [1.82, 2.24) is 9.80 Å². The van der Waals surface area contributed by atoms with Crippen LogP contribution in [0.1, 0.15) is 32.1 Å². The van der Waals surface area contributed by atoms with Crippen LogP contribution in [0.5, 0.6) is 0 Å². The van der Waals surface area contributed by atoms with Gasteiger partial charge in [-0.05, 0) is 32.1 Å². The third kappa shape index (κ3) is 3.17. The Balaban J connectivity index is 2.08. The van der Waals surface area contributed by atoms with Gasteiger partial charge in [0.2, 0.25) is 11.8 Å². The van der Waals surface area contributed by atoms with Crippen LogP contribution in [-0.2, 0) is 9.59 Å². The minimum atomic E-state index is -0.172. The van der Waals surface area contributed by atoms with Gasteiger partial charge in [0.25, 0.3) is 0 Å². The van der Waals surface area contributed by atoms with Crippen LogP contribution in [0.4, 0.5) is 0 Å². The van der Waals surface area contributed by atoms with Crippen molar-refractivity contribution in [2.24, 2.45) is 11.8 Å². The molecule has 0 N–H and O–H groups in total. The van der Waals surface area contributed by atoms with Gasteiger partial charge >= 0.3 is 0 Å². The molecule has 4 heteroatoms. The Hall–Kier alpha value is -1.32. The quantitative estimate of drug-likeness (QED) is 0.712. The van der Waals surface area contributed by atoms with Crippen LogP contribution in [0.3, 0.4) is 0 Å². The molecule has 0 unspecified atom stereocenters. The maximum Gasteiger partial charge on any atom is 0.226 e. The standard InChI is InChI=1S/C15H24N2O2/c1-16(2)14(18)12-8-4-5-9-13(12)15(19)17-10-6-3-7-11-17/h4-5,12-13H,3,6-11H2,1-2H3/t12-,13+/m0/s1. The van der Waals surface area contributed by atoms with E-state index in [2.05, 4.69) is 0 Å². The molecule has 0 bridgehead atoms. The predicted octanol–water partition coefficient (Wildman–Crippen LogP) is 1.67. The Bertz CT molecular complexity index is 370. The SMILES string of the molecule is CN(C)C(=O)[C@H]1CC=CC[C@H]1C(=O)N1CCCCC1. The van der Waals surface area contributed by atoms with Crippen molar-refractivity contribution in [3.05, 3.63) is 12.2 Å². The van der Waals surface area contributed by atoms with Crippen molar-refractivity contribution in [2.45, 2.75) is 32.1 Å². The molecule has 2 atom stereocenters. The molecule has 1 saturated heterocycles. The third-order valence-electron chi connectivity index (χ3n) is 4.18. The summed E-state index contributed by atoms with van der Waals surface area (Å²) < 4.78 is 0. The number of amides is 2. The van der Waals surface area contributed by atoms with E-state index in [9.17, 15) is 9.59 Å². The normalized spacial score (nSPS) is 27.2. The summed E-state index contributed by atoms with van der Waals surface area (Å²) in [5.41, 5.74) is 0. The van der Waals surface area contributed by atoms with Gasteiger partial charge in [0.05, 0.1) is 11.8 Å². The second-order valence-electron chi connectivity index (χ2n) is 5.77. The molecular weight excluding hydrogens is 240 g/mol. The summed E-state index contributed by atoms with van der Waals surface area (Å²) in [5.74, 6) is -0.0589. The predicted molar refractivity (Wildman–Crippen MR) is 74.5 cm³/mol. The Morgan fingerprint density at radius 3 is 2.16 bits per heavy atom. The van der Waals surface area contributed by atoms with E-state index in [4.69, 9.17) is 0 Å². The molecule has 106 valence electrons.